The fourth-order valence-electron chi connectivity index (χ4n) is 4.73. The molecule has 130 valence electrons. The number of hydrogen-bond donors (Lipinski definition) is 0. The van der Waals surface area contributed by atoms with E-state index in [9.17, 15) is 0 Å². The molecule has 0 bridgehead atoms. The van der Waals surface area contributed by atoms with E-state index in [0.29, 0.717) is 0 Å². The van der Waals surface area contributed by atoms with Gasteiger partial charge in [0.15, 0.2) is 0 Å². The average Bonchev–Trinajstić information content (AvgIpc) is 3.03. The van der Waals surface area contributed by atoms with Gasteiger partial charge in [-0.1, -0.05) is 74.6 Å². The Morgan fingerprint density at radius 2 is 1.42 bits per heavy atom. The Balaban J connectivity index is 1.65. The Morgan fingerprint density at radius 1 is 0.692 bits per heavy atom. The Bertz CT molecular complexity index is 1040. The number of para-hydroxylation sites is 2. The van der Waals surface area contributed by atoms with Crippen molar-refractivity contribution in [2.75, 3.05) is 0 Å². The molecular formula is C25H25N. The van der Waals surface area contributed by atoms with E-state index in [-0.39, 0.29) is 0 Å². The molecule has 4 aromatic rings. The highest BCUT2D eigenvalue weighted by Gasteiger charge is 2.16. The third-order valence-corrected chi connectivity index (χ3v) is 6.00. The molecule has 1 saturated carbocycles. The van der Waals surface area contributed by atoms with Crippen LogP contribution in [0.3, 0.4) is 0 Å². The first-order valence-electron chi connectivity index (χ1n) is 9.98. The van der Waals surface area contributed by atoms with E-state index in [1.807, 2.05) is 0 Å². The van der Waals surface area contributed by atoms with Crippen molar-refractivity contribution >= 4 is 21.8 Å². The third-order valence-electron chi connectivity index (χ3n) is 6.00. The lowest BCUT2D eigenvalue weighted by Crippen LogP contribution is -2.09. The summed E-state index contributed by atoms with van der Waals surface area (Å²) in [5.74, 6) is 0.878. The molecule has 0 N–H and O–H groups in total. The lowest BCUT2D eigenvalue weighted by molar-refractivity contribution is 0.357. The van der Waals surface area contributed by atoms with E-state index in [4.69, 9.17) is 0 Å². The molecule has 1 heteroatoms. The van der Waals surface area contributed by atoms with E-state index < -0.39 is 0 Å². The van der Waals surface area contributed by atoms with Gasteiger partial charge in [-0.05, 0) is 48.2 Å². The number of rotatable bonds is 3. The fraction of sp³-hybridized carbons (Fsp3) is 0.280. The predicted molar refractivity (Wildman–Crippen MR) is 111 cm³/mol. The van der Waals surface area contributed by atoms with Crippen molar-refractivity contribution in [2.45, 2.75) is 38.5 Å². The lowest BCUT2D eigenvalue weighted by atomic mass is 9.85. The van der Waals surface area contributed by atoms with Crippen LogP contribution in [0, 0.1) is 5.92 Å². The summed E-state index contributed by atoms with van der Waals surface area (Å²) in [7, 11) is 0. The minimum absolute atomic E-state index is 0.878. The van der Waals surface area contributed by atoms with Crippen molar-refractivity contribution in [1.29, 1.82) is 0 Å². The maximum Gasteiger partial charge on any atom is 0.0541 e. The summed E-state index contributed by atoms with van der Waals surface area (Å²) in [4.78, 5) is 0. The van der Waals surface area contributed by atoms with Gasteiger partial charge < -0.3 is 4.57 Å². The highest BCUT2D eigenvalue weighted by molar-refractivity contribution is 6.09. The van der Waals surface area contributed by atoms with Gasteiger partial charge in [0, 0.05) is 16.5 Å². The molecule has 0 saturated heterocycles. The van der Waals surface area contributed by atoms with Gasteiger partial charge in [0.1, 0.15) is 0 Å². The molecule has 1 aliphatic carbocycles. The molecule has 0 unspecified atom stereocenters. The Hall–Kier alpha value is -2.54. The first-order valence-corrected chi connectivity index (χ1v) is 9.98. The maximum absolute atomic E-state index is 2.45. The smallest absolute Gasteiger partial charge is 0.0541 e. The summed E-state index contributed by atoms with van der Waals surface area (Å²) >= 11 is 0. The van der Waals surface area contributed by atoms with Gasteiger partial charge in [-0.2, -0.15) is 0 Å². The standard InChI is InChI=1S/C25H25N/c1-3-9-19(10-4-1)17-20-15-16-25-23(18-20)22-13-7-8-14-24(22)26(25)21-11-5-2-6-12-21/h2,5-8,11-16,18-19H,1,3-4,9-10,17H2. The van der Waals surface area contributed by atoms with Crippen LogP contribution in [0.2, 0.25) is 0 Å². The zero-order chi connectivity index (χ0) is 17.3. The van der Waals surface area contributed by atoms with Crippen LogP contribution in [-0.2, 0) is 6.42 Å². The molecule has 1 aromatic heterocycles. The number of fused-ring (bicyclic) bond motifs is 3. The van der Waals surface area contributed by atoms with Gasteiger partial charge in [-0.3, -0.25) is 0 Å². The van der Waals surface area contributed by atoms with Crippen molar-refractivity contribution in [3.63, 3.8) is 0 Å². The van der Waals surface area contributed by atoms with Gasteiger partial charge in [0.05, 0.1) is 11.0 Å². The van der Waals surface area contributed by atoms with E-state index in [0.717, 1.165) is 5.92 Å². The second-order valence-electron chi connectivity index (χ2n) is 7.75. The van der Waals surface area contributed by atoms with Crippen LogP contribution in [0.15, 0.2) is 72.8 Å². The molecule has 1 heterocycles. The van der Waals surface area contributed by atoms with Crippen molar-refractivity contribution in [2.24, 2.45) is 5.92 Å². The second-order valence-corrected chi connectivity index (χ2v) is 7.75. The number of benzene rings is 3. The third kappa shape index (κ3) is 2.72. The Labute approximate surface area is 155 Å². The predicted octanol–water partition coefficient (Wildman–Crippen LogP) is 6.91. The maximum atomic E-state index is 2.45. The molecule has 1 fully saturated rings. The van der Waals surface area contributed by atoms with Crippen LogP contribution in [0.5, 0.6) is 0 Å². The molecule has 0 atom stereocenters. The molecule has 3 aromatic carbocycles. The summed E-state index contributed by atoms with van der Waals surface area (Å²) in [6.45, 7) is 0. The van der Waals surface area contributed by atoms with Crippen molar-refractivity contribution in [3.05, 3.63) is 78.4 Å². The molecule has 0 radical (unpaired) electrons. The van der Waals surface area contributed by atoms with Gasteiger partial charge in [-0.25, -0.2) is 0 Å². The first-order chi connectivity index (χ1) is 12.9. The molecule has 1 aliphatic rings. The second kappa shape index (κ2) is 6.64. The van der Waals surface area contributed by atoms with E-state index >= 15 is 0 Å². The molecule has 1 nitrogen and oxygen atoms in total. The lowest BCUT2D eigenvalue weighted by Gasteiger charge is -2.21. The van der Waals surface area contributed by atoms with Crippen LogP contribution in [0.25, 0.3) is 27.5 Å². The zero-order valence-electron chi connectivity index (χ0n) is 15.2. The number of aromatic nitrogens is 1. The summed E-state index contributed by atoms with van der Waals surface area (Å²) in [6, 6.07) is 26.7. The SMILES string of the molecule is c1ccc(-n2c3ccccc3c3cc(CC4CCCCC4)ccc32)cc1. The molecular weight excluding hydrogens is 314 g/mol. The molecule has 26 heavy (non-hydrogen) atoms. The number of nitrogens with zero attached hydrogens (tertiary/aromatic N) is 1. The van der Waals surface area contributed by atoms with Crippen molar-refractivity contribution < 1.29 is 0 Å². The van der Waals surface area contributed by atoms with E-state index in [1.165, 1.54) is 71.6 Å². The largest absolute Gasteiger partial charge is 0.309 e. The molecule has 0 aliphatic heterocycles. The molecule has 0 amide bonds. The minimum atomic E-state index is 0.878. The fourth-order valence-corrected chi connectivity index (χ4v) is 4.73. The Kier molecular flexibility index (Phi) is 4.01. The van der Waals surface area contributed by atoms with E-state index in [1.54, 1.807) is 0 Å². The minimum Gasteiger partial charge on any atom is -0.309 e. The molecule has 5 rings (SSSR count). The highest BCUT2D eigenvalue weighted by atomic mass is 15.0. The summed E-state index contributed by atoms with van der Waals surface area (Å²) < 4.78 is 2.40. The van der Waals surface area contributed by atoms with Crippen LogP contribution < -0.4 is 0 Å². The first kappa shape index (κ1) is 15.7. The summed E-state index contributed by atoms with van der Waals surface area (Å²) in [5, 5.41) is 2.75. The molecule has 0 spiro atoms. The highest BCUT2D eigenvalue weighted by Crippen LogP contribution is 2.34. The van der Waals surface area contributed by atoms with Crippen LogP contribution in [0.4, 0.5) is 0 Å². The quantitative estimate of drug-likeness (QED) is 0.382. The number of hydrogen-bond acceptors (Lipinski definition) is 0. The van der Waals surface area contributed by atoms with Crippen LogP contribution in [0.1, 0.15) is 37.7 Å². The van der Waals surface area contributed by atoms with Crippen molar-refractivity contribution in [3.8, 4) is 5.69 Å². The Morgan fingerprint density at radius 3 is 2.27 bits per heavy atom. The normalized spacial score (nSPS) is 15.7. The van der Waals surface area contributed by atoms with Gasteiger partial charge >= 0.3 is 0 Å². The monoisotopic (exact) mass is 339 g/mol. The summed E-state index contributed by atoms with van der Waals surface area (Å²) in [5.41, 5.74) is 5.34. The average molecular weight is 339 g/mol. The van der Waals surface area contributed by atoms with Crippen molar-refractivity contribution in [1.82, 2.24) is 4.57 Å². The summed E-state index contributed by atoms with van der Waals surface area (Å²) in [6.07, 6.45) is 8.31. The van der Waals surface area contributed by atoms with Crippen LogP contribution in [-0.4, -0.2) is 4.57 Å². The van der Waals surface area contributed by atoms with Gasteiger partial charge in [0.2, 0.25) is 0 Å². The van der Waals surface area contributed by atoms with Gasteiger partial charge in [0.25, 0.3) is 0 Å². The van der Waals surface area contributed by atoms with Gasteiger partial charge in [-0.15, -0.1) is 0 Å². The zero-order valence-corrected chi connectivity index (χ0v) is 15.2. The van der Waals surface area contributed by atoms with E-state index in [2.05, 4.69) is 77.4 Å². The topological polar surface area (TPSA) is 4.93 Å². The van der Waals surface area contributed by atoms with Crippen LogP contribution >= 0.6 is 0 Å².